The lowest BCUT2D eigenvalue weighted by Crippen LogP contribution is -2.20. The van der Waals surface area contributed by atoms with Crippen molar-refractivity contribution in [1.82, 2.24) is 0 Å². The second-order valence-corrected chi connectivity index (χ2v) is 6.51. The van der Waals surface area contributed by atoms with Gasteiger partial charge in [0.05, 0.1) is 12.7 Å². The van der Waals surface area contributed by atoms with Gasteiger partial charge in [0.1, 0.15) is 11.5 Å². The highest BCUT2D eigenvalue weighted by molar-refractivity contribution is 6.08. The van der Waals surface area contributed by atoms with Crippen LogP contribution in [0.2, 0.25) is 0 Å². The van der Waals surface area contributed by atoms with Crippen LogP contribution in [0.5, 0.6) is 23.0 Å². The quantitative estimate of drug-likeness (QED) is 0.376. The fourth-order valence-electron chi connectivity index (χ4n) is 2.76. The van der Waals surface area contributed by atoms with Gasteiger partial charge in [-0.1, -0.05) is 30.3 Å². The van der Waals surface area contributed by atoms with E-state index in [-0.39, 0.29) is 29.6 Å². The molecule has 31 heavy (non-hydrogen) atoms. The van der Waals surface area contributed by atoms with Gasteiger partial charge < -0.3 is 25.0 Å². The van der Waals surface area contributed by atoms with Crippen LogP contribution in [-0.2, 0) is 4.79 Å². The van der Waals surface area contributed by atoms with Crippen LogP contribution in [-0.4, -0.2) is 35.6 Å². The number of amides is 1. The molecule has 0 fully saturated rings. The van der Waals surface area contributed by atoms with Gasteiger partial charge in [0.15, 0.2) is 23.9 Å². The van der Waals surface area contributed by atoms with Crippen molar-refractivity contribution in [2.45, 2.75) is 0 Å². The molecule has 7 heteroatoms. The van der Waals surface area contributed by atoms with Gasteiger partial charge >= 0.3 is 0 Å². The van der Waals surface area contributed by atoms with Crippen molar-refractivity contribution in [2.24, 2.45) is 0 Å². The average molecular weight is 419 g/mol. The number of phenolic OH excluding ortho intramolecular Hbond substituents is 2. The second kappa shape index (κ2) is 9.98. The molecule has 0 aromatic heterocycles. The Morgan fingerprint density at radius 1 is 0.968 bits per heavy atom. The van der Waals surface area contributed by atoms with E-state index in [1.807, 2.05) is 18.2 Å². The van der Waals surface area contributed by atoms with Gasteiger partial charge in [-0.2, -0.15) is 0 Å². The average Bonchev–Trinajstić information content (AvgIpc) is 2.77. The van der Waals surface area contributed by atoms with Crippen LogP contribution in [0.1, 0.15) is 15.9 Å². The molecular weight excluding hydrogens is 398 g/mol. The molecular formula is C24H21NO6. The second-order valence-electron chi connectivity index (χ2n) is 6.51. The molecule has 0 atom stereocenters. The number of hydrogen-bond acceptors (Lipinski definition) is 6. The van der Waals surface area contributed by atoms with Gasteiger partial charge in [0.2, 0.25) is 0 Å². The SMILES string of the molecule is COc1cc(/C=C/C(=O)c2ccc(O)cc2O)ccc1OCC(=O)Nc1ccccc1. The van der Waals surface area contributed by atoms with E-state index < -0.39 is 5.78 Å². The predicted octanol–water partition coefficient (Wildman–Crippen LogP) is 4.02. The molecule has 3 rings (SSSR count). The first kappa shape index (κ1) is 21.4. The van der Waals surface area contributed by atoms with Crippen molar-refractivity contribution in [1.29, 1.82) is 0 Å². The molecule has 1 amide bonds. The standard InChI is InChI=1S/C24H21NO6/c1-30-23-13-16(7-11-20(27)19-10-9-18(26)14-21(19)28)8-12-22(23)31-15-24(29)25-17-5-3-2-4-6-17/h2-14,26,28H,15H2,1H3,(H,25,29)/b11-7+. The minimum atomic E-state index is -0.422. The van der Waals surface area contributed by atoms with Gasteiger partial charge in [-0.05, 0) is 48.0 Å². The minimum absolute atomic E-state index is 0.0744. The zero-order valence-electron chi connectivity index (χ0n) is 16.7. The zero-order chi connectivity index (χ0) is 22.2. The van der Waals surface area contributed by atoms with E-state index in [2.05, 4.69) is 5.32 Å². The lowest BCUT2D eigenvalue weighted by Gasteiger charge is -2.11. The van der Waals surface area contributed by atoms with Crippen molar-refractivity contribution >= 4 is 23.5 Å². The minimum Gasteiger partial charge on any atom is -0.508 e. The number of phenols is 2. The Morgan fingerprint density at radius 2 is 1.74 bits per heavy atom. The maximum Gasteiger partial charge on any atom is 0.262 e. The Kier molecular flexibility index (Phi) is 6.90. The maximum atomic E-state index is 12.3. The lowest BCUT2D eigenvalue weighted by molar-refractivity contribution is -0.118. The normalized spacial score (nSPS) is 10.6. The van der Waals surface area contributed by atoms with E-state index >= 15 is 0 Å². The Labute approximate surface area is 179 Å². The van der Waals surface area contributed by atoms with Gasteiger partial charge in [-0.3, -0.25) is 9.59 Å². The van der Waals surface area contributed by atoms with Crippen LogP contribution >= 0.6 is 0 Å². The first-order valence-corrected chi connectivity index (χ1v) is 9.36. The van der Waals surface area contributed by atoms with E-state index in [1.165, 1.54) is 25.3 Å². The summed E-state index contributed by atoms with van der Waals surface area (Å²) < 4.78 is 10.9. The molecule has 0 heterocycles. The number of nitrogens with one attached hydrogen (secondary N) is 1. The number of anilines is 1. The number of hydrogen-bond donors (Lipinski definition) is 3. The molecule has 0 bridgehead atoms. The smallest absolute Gasteiger partial charge is 0.262 e. The van der Waals surface area contributed by atoms with Crippen molar-refractivity contribution < 1.29 is 29.3 Å². The monoisotopic (exact) mass is 419 g/mol. The molecule has 0 saturated carbocycles. The maximum absolute atomic E-state index is 12.3. The molecule has 7 nitrogen and oxygen atoms in total. The number of para-hydroxylation sites is 1. The van der Waals surface area contributed by atoms with Crippen molar-refractivity contribution in [3.05, 3.63) is 83.9 Å². The Balaban J connectivity index is 1.64. The molecule has 0 spiro atoms. The third-order valence-corrected chi connectivity index (χ3v) is 4.28. The third kappa shape index (κ3) is 5.86. The van der Waals surface area contributed by atoms with Crippen LogP contribution in [0.4, 0.5) is 5.69 Å². The van der Waals surface area contributed by atoms with Crippen LogP contribution < -0.4 is 14.8 Å². The van der Waals surface area contributed by atoms with Gasteiger partial charge in [0.25, 0.3) is 5.91 Å². The molecule has 0 radical (unpaired) electrons. The summed E-state index contributed by atoms with van der Waals surface area (Å²) in [5.74, 6) is -0.383. The summed E-state index contributed by atoms with van der Waals surface area (Å²) >= 11 is 0. The highest BCUT2D eigenvalue weighted by Crippen LogP contribution is 2.29. The van der Waals surface area contributed by atoms with E-state index in [0.29, 0.717) is 22.7 Å². The van der Waals surface area contributed by atoms with Crippen LogP contribution in [0.15, 0.2) is 72.8 Å². The van der Waals surface area contributed by atoms with Crippen LogP contribution in [0, 0.1) is 0 Å². The first-order chi connectivity index (χ1) is 15.0. The molecule has 0 aliphatic rings. The molecule has 0 aliphatic heterocycles. The number of allylic oxidation sites excluding steroid dienone is 1. The number of methoxy groups -OCH3 is 1. The van der Waals surface area contributed by atoms with Crippen LogP contribution in [0.25, 0.3) is 6.08 Å². The summed E-state index contributed by atoms with van der Waals surface area (Å²) in [4.78, 5) is 24.3. The molecule has 158 valence electrons. The summed E-state index contributed by atoms with van der Waals surface area (Å²) in [5.41, 5.74) is 1.41. The van der Waals surface area contributed by atoms with E-state index in [0.717, 1.165) is 6.07 Å². The zero-order valence-corrected chi connectivity index (χ0v) is 16.7. The summed E-state index contributed by atoms with van der Waals surface area (Å²) in [6, 6.07) is 17.8. The van der Waals surface area contributed by atoms with E-state index in [1.54, 1.807) is 36.4 Å². The van der Waals surface area contributed by atoms with Crippen molar-refractivity contribution in [2.75, 3.05) is 19.0 Å². The summed E-state index contributed by atoms with van der Waals surface area (Å²) in [7, 11) is 1.47. The predicted molar refractivity (Wildman–Crippen MR) is 117 cm³/mol. The summed E-state index contributed by atoms with van der Waals surface area (Å²) in [6.07, 6.45) is 2.86. The molecule has 0 saturated heterocycles. The molecule has 3 aromatic rings. The Hall–Kier alpha value is -4.26. The summed E-state index contributed by atoms with van der Waals surface area (Å²) in [6.45, 7) is -0.195. The first-order valence-electron chi connectivity index (χ1n) is 9.36. The molecule has 0 aliphatic carbocycles. The molecule has 3 N–H and O–H groups in total. The van der Waals surface area contributed by atoms with Crippen molar-refractivity contribution in [3.8, 4) is 23.0 Å². The van der Waals surface area contributed by atoms with E-state index in [4.69, 9.17) is 9.47 Å². The Morgan fingerprint density at radius 3 is 2.45 bits per heavy atom. The highest BCUT2D eigenvalue weighted by Gasteiger charge is 2.11. The number of carbonyl (C=O) groups excluding carboxylic acids is 2. The van der Waals surface area contributed by atoms with Crippen molar-refractivity contribution in [3.63, 3.8) is 0 Å². The number of aromatic hydroxyl groups is 2. The molecule has 3 aromatic carbocycles. The number of carbonyl (C=O) groups is 2. The number of ketones is 1. The van der Waals surface area contributed by atoms with E-state index in [9.17, 15) is 19.8 Å². The topological polar surface area (TPSA) is 105 Å². The number of rotatable bonds is 8. The lowest BCUT2D eigenvalue weighted by atomic mass is 10.1. The largest absolute Gasteiger partial charge is 0.508 e. The Bertz CT molecular complexity index is 1110. The third-order valence-electron chi connectivity index (χ3n) is 4.28. The fraction of sp³-hybridized carbons (Fsp3) is 0.0833. The van der Waals surface area contributed by atoms with Gasteiger partial charge in [0, 0.05) is 11.8 Å². The molecule has 0 unspecified atom stereocenters. The highest BCUT2D eigenvalue weighted by atomic mass is 16.5. The van der Waals surface area contributed by atoms with Gasteiger partial charge in [-0.15, -0.1) is 0 Å². The summed E-state index contributed by atoms with van der Waals surface area (Å²) in [5, 5.41) is 21.8. The van der Waals surface area contributed by atoms with Gasteiger partial charge in [-0.25, -0.2) is 0 Å². The number of ether oxygens (including phenoxy) is 2. The fourth-order valence-corrected chi connectivity index (χ4v) is 2.76. The van der Waals surface area contributed by atoms with Crippen LogP contribution in [0.3, 0.4) is 0 Å². The number of benzene rings is 3.